The Labute approximate surface area is 179 Å². The lowest BCUT2D eigenvalue weighted by Crippen LogP contribution is -2.40. The van der Waals surface area contributed by atoms with Crippen molar-refractivity contribution in [3.8, 4) is 11.9 Å². The number of amides is 1. The number of aromatic nitrogens is 3. The molecule has 2 aromatic heterocycles. The number of carbonyl (C=O) groups is 1. The Bertz CT molecular complexity index is 926. The normalized spacial score (nSPS) is 22.3. The summed E-state index contributed by atoms with van der Waals surface area (Å²) in [7, 11) is 1.71. The Kier molecular flexibility index (Phi) is 6.54. The Morgan fingerprint density at radius 1 is 1.19 bits per heavy atom. The summed E-state index contributed by atoms with van der Waals surface area (Å²) in [4.78, 5) is 19.5. The van der Waals surface area contributed by atoms with Crippen LogP contribution in [-0.4, -0.2) is 58.1 Å². The average molecular weight is 438 g/mol. The van der Waals surface area contributed by atoms with E-state index < -0.39 is 18.5 Å². The van der Waals surface area contributed by atoms with Crippen molar-refractivity contribution in [2.75, 3.05) is 13.3 Å². The molecule has 2 aromatic rings. The second-order valence-corrected chi connectivity index (χ2v) is 8.28. The van der Waals surface area contributed by atoms with Gasteiger partial charge in [0.2, 0.25) is 11.7 Å². The number of nitrogens with one attached hydrogen (secondary N) is 1. The molecule has 8 nitrogen and oxygen atoms in total. The van der Waals surface area contributed by atoms with Crippen molar-refractivity contribution in [1.29, 1.82) is 0 Å². The third-order valence-electron chi connectivity index (χ3n) is 5.60. The van der Waals surface area contributed by atoms with E-state index in [-0.39, 0.29) is 36.7 Å². The van der Waals surface area contributed by atoms with Crippen LogP contribution in [-0.2, 0) is 16.6 Å². The van der Waals surface area contributed by atoms with E-state index in [9.17, 15) is 13.6 Å². The predicted octanol–water partition coefficient (Wildman–Crippen LogP) is 2.83. The Morgan fingerprint density at radius 2 is 1.84 bits per heavy atom. The maximum Gasteiger partial charge on any atom is 0.297 e. The van der Waals surface area contributed by atoms with Crippen LogP contribution in [0.3, 0.4) is 0 Å². The summed E-state index contributed by atoms with van der Waals surface area (Å²) < 4.78 is 46.7. The first-order chi connectivity index (χ1) is 14.9. The van der Waals surface area contributed by atoms with Gasteiger partial charge >= 0.3 is 0 Å². The number of aryl methyl sites for hydroxylation is 1. The first kappa shape index (κ1) is 21.7. The number of hydrogen-bond donors (Lipinski definition) is 1. The zero-order chi connectivity index (χ0) is 22.0. The van der Waals surface area contributed by atoms with Gasteiger partial charge < -0.3 is 19.5 Å². The lowest BCUT2D eigenvalue weighted by molar-refractivity contribution is -0.120. The second-order valence-electron chi connectivity index (χ2n) is 8.28. The highest BCUT2D eigenvalue weighted by Crippen LogP contribution is 2.32. The molecule has 2 heterocycles. The zero-order valence-corrected chi connectivity index (χ0v) is 17.8. The van der Waals surface area contributed by atoms with Gasteiger partial charge in [-0.3, -0.25) is 9.36 Å². The summed E-state index contributed by atoms with van der Waals surface area (Å²) >= 11 is 0. The molecule has 0 saturated heterocycles. The summed E-state index contributed by atoms with van der Waals surface area (Å²) in [6.45, 7) is 0.841. The number of carbonyl (C=O) groups excluding carboxylic acids is 1. The van der Waals surface area contributed by atoms with Crippen molar-refractivity contribution in [3.05, 3.63) is 12.0 Å². The highest BCUT2D eigenvalue weighted by Gasteiger charge is 2.29. The summed E-state index contributed by atoms with van der Waals surface area (Å²) in [5.41, 5.74) is 0.735. The molecule has 0 aromatic carbocycles. The molecule has 170 valence electrons. The molecule has 1 atom stereocenters. The minimum Gasteiger partial charge on any atom is -0.472 e. The molecule has 2 saturated carbocycles. The summed E-state index contributed by atoms with van der Waals surface area (Å²) in [5.74, 6) is -0.787. The van der Waals surface area contributed by atoms with Crippen molar-refractivity contribution < 1.29 is 27.8 Å². The van der Waals surface area contributed by atoms with Crippen molar-refractivity contribution in [2.45, 2.75) is 69.8 Å². The molecule has 2 fully saturated rings. The van der Waals surface area contributed by atoms with Gasteiger partial charge in [-0.2, -0.15) is 9.37 Å². The molecule has 1 amide bonds. The zero-order valence-electron chi connectivity index (χ0n) is 17.8. The highest BCUT2D eigenvalue weighted by atomic mass is 19.1. The number of imidazole rings is 1. The number of alkyl halides is 1. The Balaban J connectivity index is 1.32. The number of nitrogens with zero attached hydrogens (tertiary/aromatic N) is 3. The van der Waals surface area contributed by atoms with Crippen molar-refractivity contribution in [3.63, 3.8) is 0 Å². The smallest absolute Gasteiger partial charge is 0.297 e. The molecule has 0 aliphatic heterocycles. The molecular formula is C21H28F2N4O4. The molecule has 2 aliphatic carbocycles. The van der Waals surface area contributed by atoms with Gasteiger partial charge in [0.05, 0.1) is 24.9 Å². The van der Waals surface area contributed by atoms with Crippen LogP contribution in [0.1, 0.15) is 45.4 Å². The highest BCUT2D eigenvalue weighted by molar-refractivity contribution is 5.77. The average Bonchev–Trinajstić information content (AvgIpc) is 3.51. The summed E-state index contributed by atoms with van der Waals surface area (Å²) in [6, 6.07) is -0.282. The van der Waals surface area contributed by atoms with Crippen LogP contribution in [0.5, 0.6) is 11.9 Å². The fourth-order valence-corrected chi connectivity index (χ4v) is 3.79. The maximum absolute atomic E-state index is 14.8. The van der Waals surface area contributed by atoms with Gasteiger partial charge in [0.1, 0.15) is 29.9 Å². The molecule has 4 rings (SSSR count). The van der Waals surface area contributed by atoms with Crippen LogP contribution < -0.4 is 14.8 Å². The molecule has 2 aliphatic rings. The minimum atomic E-state index is -0.663. The van der Waals surface area contributed by atoms with E-state index in [1.165, 1.54) is 13.1 Å². The minimum absolute atomic E-state index is 0.00746. The fraction of sp³-hybridized carbons (Fsp3) is 0.667. The lowest BCUT2D eigenvalue weighted by atomic mass is 9.95. The molecule has 0 spiro atoms. The molecule has 31 heavy (non-hydrogen) atoms. The van der Waals surface area contributed by atoms with Gasteiger partial charge in [0.15, 0.2) is 0 Å². The van der Waals surface area contributed by atoms with Crippen LogP contribution in [0.15, 0.2) is 6.20 Å². The van der Waals surface area contributed by atoms with E-state index in [0.29, 0.717) is 17.0 Å². The molecule has 0 bridgehead atoms. The van der Waals surface area contributed by atoms with Crippen molar-refractivity contribution in [2.24, 2.45) is 7.05 Å². The topological polar surface area (TPSA) is 87.5 Å². The Hall–Kier alpha value is -2.49. The first-order valence-corrected chi connectivity index (χ1v) is 10.7. The first-order valence-electron chi connectivity index (χ1n) is 10.7. The van der Waals surface area contributed by atoms with E-state index in [0.717, 1.165) is 38.5 Å². The lowest BCUT2D eigenvalue weighted by Gasteiger charge is -2.29. The monoisotopic (exact) mass is 438 g/mol. The maximum atomic E-state index is 14.8. The molecule has 0 unspecified atom stereocenters. The van der Waals surface area contributed by atoms with Gasteiger partial charge in [-0.1, -0.05) is 0 Å². The van der Waals surface area contributed by atoms with Crippen molar-refractivity contribution >= 4 is 16.9 Å². The van der Waals surface area contributed by atoms with E-state index in [1.54, 1.807) is 11.6 Å². The van der Waals surface area contributed by atoms with Crippen LogP contribution in [0.2, 0.25) is 0 Å². The van der Waals surface area contributed by atoms with Gasteiger partial charge in [-0.05, 0) is 38.5 Å². The molecular weight excluding hydrogens is 410 g/mol. The van der Waals surface area contributed by atoms with E-state index in [1.807, 2.05) is 0 Å². The largest absolute Gasteiger partial charge is 0.472 e. The van der Waals surface area contributed by atoms with E-state index in [2.05, 4.69) is 15.3 Å². The SMILES string of the molecule is CC(=O)N[C@@H](CF)COC1CCC(Oc2nc3cnc(OC4CC4)c(F)c3n2C)CC1. The van der Waals surface area contributed by atoms with E-state index in [4.69, 9.17) is 14.2 Å². The number of hydrogen-bond acceptors (Lipinski definition) is 6. The van der Waals surface area contributed by atoms with Gasteiger partial charge in [0, 0.05) is 14.0 Å². The number of fused-ring (bicyclic) bond motifs is 1. The van der Waals surface area contributed by atoms with Gasteiger partial charge in [-0.25, -0.2) is 9.37 Å². The van der Waals surface area contributed by atoms with Crippen LogP contribution in [0.25, 0.3) is 11.0 Å². The fourth-order valence-electron chi connectivity index (χ4n) is 3.79. The number of pyridine rings is 1. The van der Waals surface area contributed by atoms with E-state index >= 15 is 0 Å². The quantitative estimate of drug-likeness (QED) is 0.648. The summed E-state index contributed by atoms with van der Waals surface area (Å²) in [5, 5.41) is 2.53. The number of rotatable bonds is 9. The standard InChI is InChI=1S/C21H28F2N4O4/c1-12(28)25-13(9-22)11-29-14-3-5-16(6-4-14)31-21-26-17-10-24-20(30-15-7-8-15)18(23)19(17)27(21)2/h10,13-16H,3-9,11H2,1-2H3,(H,25,28)/t13-,14?,16?/m0/s1. The Morgan fingerprint density at radius 3 is 2.48 bits per heavy atom. The predicted molar refractivity (Wildman–Crippen MR) is 108 cm³/mol. The second kappa shape index (κ2) is 9.33. The van der Waals surface area contributed by atoms with Crippen LogP contribution in [0.4, 0.5) is 8.78 Å². The molecule has 0 radical (unpaired) electrons. The van der Waals surface area contributed by atoms with Gasteiger partial charge in [0.25, 0.3) is 11.9 Å². The molecule has 10 heteroatoms. The molecule has 1 N–H and O–H groups in total. The summed E-state index contributed by atoms with van der Waals surface area (Å²) in [6.07, 6.45) is 6.32. The number of halogens is 2. The van der Waals surface area contributed by atoms with Crippen LogP contribution >= 0.6 is 0 Å². The van der Waals surface area contributed by atoms with Crippen LogP contribution in [0, 0.1) is 5.82 Å². The third kappa shape index (κ3) is 5.23. The number of ether oxygens (including phenoxy) is 3. The van der Waals surface area contributed by atoms with Crippen molar-refractivity contribution in [1.82, 2.24) is 19.9 Å². The third-order valence-corrected chi connectivity index (χ3v) is 5.60. The van der Waals surface area contributed by atoms with Gasteiger partial charge in [-0.15, -0.1) is 0 Å².